The second kappa shape index (κ2) is 10.5. The molecule has 0 spiro atoms. The lowest BCUT2D eigenvalue weighted by molar-refractivity contribution is -0.136. The Labute approximate surface area is 191 Å². The molecule has 176 valence electrons. The van der Waals surface area contributed by atoms with Gasteiger partial charge in [-0.3, -0.25) is 19.4 Å². The van der Waals surface area contributed by atoms with Gasteiger partial charge in [-0.05, 0) is 18.9 Å². The molecule has 0 bridgehead atoms. The van der Waals surface area contributed by atoms with Crippen LogP contribution in [0.15, 0.2) is 18.2 Å². The van der Waals surface area contributed by atoms with Crippen molar-refractivity contribution in [1.82, 2.24) is 19.6 Å². The van der Waals surface area contributed by atoms with E-state index in [4.69, 9.17) is 9.47 Å². The molecule has 0 atom stereocenters. The van der Waals surface area contributed by atoms with Crippen molar-refractivity contribution >= 4 is 11.8 Å². The lowest BCUT2D eigenvalue weighted by Crippen LogP contribution is -2.56. The number of hydrogen-bond donors (Lipinski definition) is 0. The van der Waals surface area contributed by atoms with Crippen LogP contribution < -0.4 is 9.47 Å². The second-order valence-corrected chi connectivity index (χ2v) is 9.01. The van der Waals surface area contributed by atoms with Crippen LogP contribution in [0.4, 0.5) is 0 Å². The van der Waals surface area contributed by atoms with E-state index >= 15 is 0 Å². The lowest BCUT2D eigenvalue weighted by Gasteiger charge is -2.43. The first-order chi connectivity index (χ1) is 15.6. The van der Waals surface area contributed by atoms with Gasteiger partial charge in [-0.15, -0.1) is 0 Å². The molecular formula is C24H36N4O4. The first kappa shape index (κ1) is 22.9. The summed E-state index contributed by atoms with van der Waals surface area (Å²) < 4.78 is 10.6. The van der Waals surface area contributed by atoms with Crippen molar-refractivity contribution in [2.45, 2.75) is 31.7 Å². The molecule has 0 radical (unpaired) electrons. The number of carbonyl (C=O) groups is 2. The van der Waals surface area contributed by atoms with Crippen LogP contribution >= 0.6 is 0 Å². The highest BCUT2D eigenvalue weighted by Gasteiger charge is 2.30. The largest absolute Gasteiger partial charge is 0.497 e. The Morgan fingerprint density at radius 3 is 2.12 bits per heavy atom. The number of ether oxygens (including phenoxy) is 2. The summed E-state index contributed by atoms with van der Waals surface area (Å²) in [6.45, 7) is 6.94. The third kappa shape index (κ3) is 5.35. The minimum atomic E-state index is 0.0894. The highest BCUT2D eigenvalue weighted by Crippen LogP contribution is 2.26. The van der Waals surface area contributed by atoms with E-state index in [2.05, 4.69) is 9.80 Å². The zero-order chi connectivity index (χ0) is 22.5. The summed E-state index contributed by atoms with van der Waals surface area (Å²) in [5.74, 6) is 1.69. The van der Waals surface area contributed by atoms with Crippen molar-refractivity contribution in [1.29, 1.82) is 0 Å². The summed E-state index contributed by atoms with van der Waals surface area (Å²) >= 11 is 0. The Morgan fingerprint density at radius 1 is 0.875 bits per heavy atom. The predicted octanol–water partition coefficient (Wildman–Crippen LogP) is 1.09. The molecule has 3 aliphatic rings. The standard InChI is InChI=1S/C24H36N4O4/c1-31-21-7-6-19(22(17-21)32-2)16-23(29)27-10-8-25(9-11-27)18-24(30)28-14-12-26(13-15-28)20-4-3-5-20/h6-7,17,20H,3-5,8-16,18H2,1-2H3. The summed E-state index contributed by atoms with van der Waals surface area (Å²) in [6, 6.07) is 6.30. The Kier molecular flexibility index (Phi) is 7.52. The van der Waals surface area contributed by atoms with Crippen molar-refractivity contribution in [3.63, 3.8) is 0 Å². The molecule has 2 amide bonds. The normalized spacial score (nSPS) is 20.7. The first-order valence-electron chi connectivity index (χ1n) is 11.8. The van der Waals surface area contributed by atoms with Gasteiger partial charge in [-0.2, -0.15) is 0 Å². The fourth-order valence-electron chi connectivity index (χ4n) is 4.81. The van der Waals surface area contributed by atoms with Gasteiger partial charge in [0, 0.05) is 70.0 Å². The van der Waals surface area contributed by atoms with Crippen LogP contribution in [0.1, 0.15) is 24.8 Å². The van der Waals surface area contributed by atoms with E-state index < -0.39 is 0 Å². The van der Waals surface area contributed by atoms with E-state index in [1.54, 1.807) is 20.3 Å². The number of hydrogen-bond acceptors (Lipinski definition) is 6. The van der Waals surface area contributed by atoms with Gasteiger partial charge in [0.1, 0.15) is 11.5 Å². The van der Waals surface area contributed by atoms with E-state index in [0.29, 0.717) is 37.6 Å². The number of carbonyl (C=O) groups excluding carboxylic acids is 2. The fraction of sp³-hybridized carbons (Fsp3) is 0.667. The summed E-state index contributed by atoms with van der Waals surface area (Å²) in [4.78, 5) is 34.2. The topological polar surface area (TPSA) is 65.6 Å². The number of benzene rings is 1. The van der Waals surface area contributed by atoms with Crippen LogP contribution in [0.5, 0.6) is 11.5 Å². The molecule has 1 aromatic rings. The monoisotopic (exact) mass is 444 g/mol. The second-order valence-electron chi connectivity index (χ2n) is 9.01. The van der Waals surface area contributed by atoms with E-state index in [-0.39, 0.29) is 11.8 Å². The number of nitrogens with zero attached hydrogens (tertiary/aromatic N) is 4. The maximum absolute atomic E-state index is 12.8. The maximum atomic E-state index is 12.8. The molecule has 32 heavy (non-hydrogen) atoms. The molecule has 0 aromatic heterocycles. The van der Waals surface area contributed by atoms with Crippen molar-refractivity contribution in [2.75, 3.05) is 73.1 Å². The molecule has 1 aromatic carbocycles. The molecule has 3 fully saturated rings. The third-order valence-electron chi connectivity index (χ3n) is 7.18. The highest BCUT2D eigenvalue weighted by atomic mass is 16.5. The Hall–Kier alpha value is -2.32. The van der Waals surface area contributed by atoms with Gasteiger partial charge in [0.15, 0.2) is 0 Å². The quantitative estimate of drug-likeness (QED) is 0.627. The van der Waals surface area contributed by atoms with Crippen LogP contribution in [0.25, 0.3) is 0 Å². The Balaban J connectivity index is 1.20. The molecule has 0 unspecified atom stereocenters. The number of amides is 2. The molecule has 4 rings (SSSR count). The van der Waals surface area contributed by atoms with E-state index in [9.17, 15) is 9.59 Å². The molecule has 8 heteroatoms. The summed E-state index contributed by atoms with van der Waals surface area (Å²) in [6.07, 6.45) is 4.30. The van der Waals surface area contributed by atoms with Gasteiger partial charge in [0.25, 0.3) is 0 Å². The molecule has 2 heterocycles. The molecule has 1 aliphatic carbocycles. The molecule has 1 saturated carbocycles. The SMILES string of the molecule is COc1ccc(CC(=O)N2CCN(CC(=O)N3CCN(C4CCC4)CC3)CC2)c(OC)c1. The Bertz CT molecular complexity index is 797. The highest BCUT2D eigenvalue weighted by molar-refractivity contribution is 5.80. The predicted molar refractivity (Wildman–Crippen MR) is 122 cm³/mol. The van der Waals surface area contributed by atoms with Crippen LogP contribution in [-0.2, 0) is 16.0 Å². The van der Waals surface area contributed by atoms with Crippen molar-refractivity contribution in [3.05, 3.63) is 23.8 Å². The summed E-state index contributed by atoms with van der Waals surface area (Å²) in [5, 5.41) is 0. The molecule has 8 nitrogen and oxygen atoms in total. The fourth-order valence-corrected chi connectivity index (χ4v) is 4.81. The van der Waals surface area contributed by atoms with Crippen LogP contribution in [0, 0.1) is 0 Å². The smallest absolute Gasteiger partial charge is 0.236 e. The molecule has 0 N–H and O–H groups in total. The molecular weight excluding hydrogens is 408 g/mol. The summed E-state index contributed by atoms with van der Waals surface area (Å²) in [5.41, 5.74) is 0.858. The van der Waals surface area contributed by atoms with Gasteiger partial charge < -0.3 is 19.3 Å². The number of rotatable bonds is 7. The Morgan fingerprint density at radius 2 is 1.53 bits per heavy atom. The van der Waals surface area contributed by atoms with Crippen molar-refractivity contribution in [2.24, 2.45) is 0 Å². The van der Waals surface area contributed by atoms with Gasteiger partial charge in [-0.25, -0.2) is 0 Å². The van der Waals surface area contributed by atoms with E-state index in [1.807, 2.05) is 21.9 Å². The average molecular weight is 445 g/mol. The summed E-state index contributed by atoms with van der Waals surface area (Å²) in [7, 11) is 3.21. The van der Waals surface area contributed by atoms with Gasteiger partial charge >= 0.3 is 0 Å². The van der Waals surface area contributed by atoms with Gasteiger partial charge in [-0.1, -0.05) is 12.5 Å². The van der Waals surface area contributed by atoms with Crippen LogP contribution in [0.3, 0.4) is 0 Å². The number of piperazine rings is 2. The van der Waals surface area contributed by atoms with Gasteiger partial charge in [0.05, 0.1) is 27.2 Å². The van der Waals surface area contributed by atoms with Crippen LogP contribution in [-0.4, -0.2) is 111 Å². The zero-order valence-corrected chi connectivity index (χ0v) is 19.4. The first-order valence-corrected chi connectivity index (χ1v) is 11.8. The number of methoxy groups -OCH3 is 2. The minimum Gasteiger partial charge on any atom is -0.497 e. The average Bonchev–Trinajstić information content (AvgIpc) is 2.79. The van der Waals surface area contributed by atoms with E-state index in [0.717, 1.165) is 50.9 Å². The zero-order valence-electron chi connectivity index (χ0n) is 19.4. The minimum absolute atomic E-state index is 0.0894. The van der Waals surface area contributed by atoms with Crippen molar-refractivity contribution < 1.29 is 19.1 Å². The van der Waals surface area contributed by atoms with E-state index in [1.165, 1.54) is 19.3 Å². The van der Waals surface area contributed by atoms with Crippen LogP contribution in [0.2, 0.25) is 0 Å². The lowest BCUT2D eigenvalue weighted by atomic mass is 9.91. The molecule has 2 saturated heterocycles. The maximum Gasteiger partial charge on any atom is 0.236 e. The van der Waals surface area contributed by atoms with Crippen molar-refractivity contribution in [3.8, 4) is 11.5 Å². The van der Waals surface area contributed by atoms with Gasteiger partial charge in [0.2, 0.25) is 11.8 Å². The molecule has 2 aliphatic heterocycles. The third-order valence-corrected chi connectivity index (χ3v) is 7.18.